The largest absolute Gasteiger partial charge is 0.338 e. The van der Waals surface area contributed by atoms with Crippen molar-refractivity contribution in [3.63, 3.8) is 0 Å². The van der Waals surface area contributed by atoms with Crippen LogP contribution in [-0.2, 0) is 4.79 Å². The SMILES string of the molecule is O=C(C(F)Cl)N1CCCC(c2nc3ccccc3s2)C1. The van der Waals surface area contributed by atoms with Crippen LogP contribution in [0.2, 0.25) is 0 Å². The Kier molecular flexibility index (Phi) is 3.89. The van der Waals surface area contributed by atoms with Gasteiger partial charge >= 0.3 is 0 Å². The molecule has 1 amide bonds. The van der Waals surface area contributed by atoms with E-state index in [-0.39, 0.29) is 5.92 Å². The summed E-state index contributed by atoms with van der Waals surface area (Å²) < 4.78 is 14.1. The lowest BCUT2D eigenvalue weighted by molar-refractivity contribution is -0.134. The fourth-order valence-corrected chi connectivity index (χ4v) is 3.81. The fraction of sp³-hybridized carbons (Fsp3) is 0.429. The Bertz CT molecular complexity index is 597. The molecule has 2 heterocycles. The molecule has 6 heteroatoms. The molecule has 2 aromatic rings. The van der Waals surface area contributed by atoms with Crippen LogP contribution in [0.15, 0.2) is 24.3 Å². The number of nitrogens with zero attached hydrogens (tertiary/aromatic N) is 2. The zero-order chi connectivity index (χ0) is 14.1. The van der Waals surface area contributed by atoms with Crippen molar-refractivity contribution in [3.05, 3.63) is 29.3 Å². The number of piperidine rings is 1. The molecule has 1 aromatic carbocycles. The van der Waals surface area contributed by atoms with Crippen molar-refractivity contribution in [1.29, 1.82) is 0 Å². The van der Waals surface area contributed by atoms with Gasteiger partial charge in [-0.1, -0.05) is 23.7 Å². The minimum absolute atomic E-state index is 0.181. The Balaban J connectivity index is 1.81. The van der Waals surface area contributed by atoms with Gasteiger partial charge in [-0.3, -0.25) is 4.79 Å². The number of halogens is 2. The quantitative estimate of drug-likeness (QED) is 0.795. The molecule has 20 heavy (non-hydrogen) atoms. The van der Waals surface area contributed by atoms with Crippen LogP contribution in [-0.4, -0.2) is 34.5 Å². The number of carbonyl (C=O) groups is 1. The van der Waals surface area contributed by atoms with Crippen LogP contribution in [0.25, 0.3) is 10.2 Å². The van der Waals surface area contributed by atoms with Gasteiger partial charge in [0.25, 0.3) is 11.5 Å². The lowest BCUT2D eigenvalue weighted by Gasteiger charge is -2.31. The molecule has 0 spiro atoms. The summed E-state index contributed by atoms with van der Waals surface area (Å²) >= 11 is 6.90. The normalized spacial score (nSPS) is 21.1. The molecule has 1 aromatic heterocycles. The van der Waals surface area contributed by atoms with Crippen molar-refractivity contribution in [2.45, 2.75) is 24.4 Å². The summed E-state index contributed by atoms with van der Waals surface area (Å²) in [4.78, 5) is 17.8. The van der Waals surface area contributed by atoms with Crippen LogP contribution in [0.5, 0.6) is 0 Å². The summed E-state index contributed by atoms with van der Waals surface area (Å²) in [5.74, 6) is -0.446. The third-order valence-corrected chi connectivity index (χ3v) is 4.96. The number of rotatable bonds is 2. The van der Waals surface area contributed by atoms with Gasteiger partial charge in [0.2, 0.25) is 0 Å². The Hall–Kier alpha value is -1.20. The van der Waals surface area contributed by atoms with Gasteiger partial charge in [0.1, 0.15) is 0 Å². The maximum absolute atomic E-state index is 12.9. The number of amides is 1. The van der Waals surface area contributed by atoms with Gasteiger partial charge in [-0.25, -0.2) is 9.37 Å². The highest BCUT2D eigenvalue weighted by atomic mass is 35.5. The Morgan fingerprint density at radius 2 is 2.30 bits per heavy atom. The maximum atomic E-state index is 12.9. The molecule has 2 atom stereocenters. The average molecular weight is 313 g/mol. The summed E-state index contributed by atoms with van der Waals surface area (Å²) in [5, 5.41) is 1.02. The van der Waals surface area contributed by atoms with Gasteiger partial charge in [-0.15, -0.1) is 11.3 Å². The van der Waals surface area contributed by atoms with Crippen molar-refractivity contribution in [2.75, 3.05) is 13.1 Å². The molecule has 106 valence electrons. The second-order valence-electron chi connectivity index (χ2n) is 4.94. The molecule has 1 aliphatic heterocycles. The summed E-state index contributed by atoms with van der Waals surface area (Å²) in [6.45, 7) is 1.08. The van der Waals surface area contributed by atoms with E-state index >= 15 is 0 Å². The van der Waals surface area contributed by atoms with E-state index in [2.05, 4.69) is 4.98 Å². The molecule has 0 aliphatic carbocycles. The van der Waals surface area contributed by atoms with Crippen LogP contribution < -0.4 is 0 Å². The van der Waals surface area contributed by atoms with Crippen LogP contribution in [0.3, 0.4) is 0 Å². The molecular formula is C14H14ClFN2OS. The summed E-state index contributed by atoms with van der Waals surface area (Å²) in [6, 6.07) is 7.97. The van der Waals surface area contributed by atoms with E-state index in [0.29, 0.717) is 13.1 Å². The molecule has 0 saturated carbocycles. The zero-order valence-corrected chi connectivity index (χ0v) is 12.3. The van der Waals surface area contributed by atoms with Gasteiger partial charge in [0, 0.05) is 19.0 Å². The second kappa shape index (κ2) is 5.66. The minimum Gasteiger partial charge on any atom is -0.338 e. The van der Waals surface area contributed by atoms with Gasteiger partial charge in [0.15, 0.2) is 0 Å². The molecule has 1 fully saturated rings. The standard InChI is InChI=1S/C14H14ClFN2OS/c15-12(16)14(19)18-7-3-4-9(8-18)13-17-10-5-1-2-6-11(10)20-13/h1-2,5-6,9,12H,3-4,7-8H2. The Morgan fingerprint density at radius 3 is 3.05 bits per heavy atom. The van der Waals surface area contributed by atoms with E-state index < -0.39 is 11.5 Å². The van der Waals surface area contributed by atoms with Gasteiger partial charge in [0.05, 0.1) is 15.2 Å². The van der Waals surface area contributed by atoms with Crippen LogP contribution in [0.4, 0.5) is 4.39 Å². The fourth-order valence-electron chi connectivity index (χ4n) is 2.58. The summed E-state index contributed by atoms with van der Waals surface area (Å²) in [6.07, 6.45) is 1.83. The third kappa shape index (κ3) is 2.65. The second-order valence-corrected chi connectivity index (χ2v) is 6.39. The van der Waals surface area contributed by atoms with Crippen molar-refractivity contribution < 1.29 is 9.18 Å². The monoisotopic (exact) mass is 312 g/mol. The molecular weight excluding hydrogens is 299 g/mol. The number of carbonyl (C=O) groups excluding carboxylic acids is 1. The average Bonchev–Trinajstić information content (AvgIpc) is 2.90. The number of likely N-dealkylation sites (tertiary alicyclic amines) is 1. The first-order chi connectivity index (χ1) is 9.65. The first kappa shape index (κ1) is 13.8. The number of hydrogen-bond donors (Lipinski definition) is 0. The van der Waals surface area contributed by atoms with Crippen LogP contribution in [0.1, 0.15) is 23.8 Å². The van der Waals surface area contributed by atoms with Crippen LogP contribution >= 0.6 is 22.9 Å². The van der Waals surface area contributed by atoms with Gasteiger partial charge in [-0.05, 0) is 25.0 Å². The summed E-state index contributed by atoms with van der Waals surface area (Å²) in [5.41, 5.74) is -0.958. The first-order valence-corrected chi connectivity index (χ1v) is 7.83. The topological polar surface area (TPSA) is 33.2 Å². The molecule has 0 radical (unpaired) electrons. The minimum atomic E-state index is -1.94. The number of benzene rings is 1. The van der Waals surface area contributed by atoms with E-state index in [1.807, 2.05) is 24.3 Å². The Labute approximate surface area is 125 Å². The number of aromatic nitrogens is 1. The lowest BCUT2D eigenvalue weighted by atomic mass is 9.99. The number of alkyl halides is 2. The van der Waals surface area contributed by atoms with Crippen molar-refractivity contribution in [1.82, 2.24) is 9.88 Å². The van der Waals surface area contributed by atoms with E-state index in [4.69, 9.17) is 11.6 Å². The van der Waals surface area contributed by atoms with E-state index in [0.717, 1.165) is 28.1 Å². The molecule has 1 aliphatic rings. The molecule has 3 rings (SSSR count). The van der Waals surface area contributed by atoms with Crippen LogP contribution in [0, 0.1) is 0 Å². The number of para-hydroxylation sites is 1. The molecule has 0 N–H and O–H groups in total. The summed E-state index contributed by atoms with van der Waals surface area (Å²) in [7, 11) is 0. The predicted octanol–water partition coefficient (Wildman–Crippen LogP) is 3.54. The van der Waals surface area contributed by atoms with E-state index in [1.54, 1.807) is 11.3 Å². The van der Waals surface area contributed by atoms with Crippen molar-refractivity contribution >= 4 is 39.1 Å². The number of thiazole rings is 1. The lowest BCUT2D eigenvalue weighted by Crippen LogP contribution is -2.41. The van der Waals surface area contributed by atoms with E-state index in [9.17, 15) is 9.18 Å². The molecule has 1 saturated heterocycles. The van der Waals surface area contributed by atoms with E-state index in [1.165, 1.54) is 4.90 Å². The van der Waals surface area contributed by atoms with Crippen molar-refractivity contribution in [2.24, 2.45) is 0 Å². The number of fused-ring (bicyclic) bond motifs is 1. The third-order valence-electron chi connectivity index (χ3n) is 3.58. The highest BCUT2D eigenvalue weighted by Gasteiger charge is 2.29. The highest BCUT2D eigenvalue weighted by molar-refractivity contribution is 7.18. The molecule has 0 bridgehead atoms. The van der Waals surface area contributed by atoms with Gasteiger partial charge < -0.3 is 4.90 Å². The van der Waals surface area contributed by atoms with Gasteiger partial charge in [-0.2, -0.15) is 0 Å². The number of hydrogen-bond acceptors (Lipinski definition) is 3. The smallest absolute Gasteiger partial charge is 0.272 e. The zero-order valence-electron chi connectivity index (χ0n) is 10.8. The first-order valence-electron chi connectivity index (χ1n) is 6.57. The molecule has 2 unspecified atom stereocenters. The van der Waals surface area contributed by atoms with Crippen molar-refractivity contribution in [3.8, 4) is 0 Å². The predicted molar refractivity (Wildman–Crippen MR) is 78.9 cm³/mol. The maximum Gasteiger partial charge on any atom is 0.272 e. The highest BCUT2D eigenvalue weighted by Crippen LogP contribution is 2.33. The Morgan fingerprint density at radius 1 is 1.50 bits per heavy atom. The molecule has 3 nitrogen and oxygen atoms in total.